The topological polar surface area (TPSA) is 37.4 Å². The van der Waals surface area contributed by atoms with E-state index in [1.807, 2.05) is 0 Å². The molecular formula is C16H14FNO2. The van der Waals surface area contributed by atoms with Gasteiger partial charge in [0.05, 0.1) is 17.5 Å². The van der Waals surface area contributed by atoms with Gasteiger partial charge in [-0.05, 0) is 48.9 Å². The first-order chi connectivity index (χ1) is 9.58. The van der Waals surface area contributed by atoms with Gasteiger partial charge in [-0.1, -0.05) is 12.2 Å². The standard InChI is InChI=1S/C16H14FNO2/c1-8-6-11(17)4-5-12(8)18-15(19)13-9-2-3-10(7-9)14(13)16(18)20/h2-6,9-10,13-14H,7H2,1H3/t9-,10-,13-,14-/m0/s1. The van der Waals surface area contributed by atoms with Crippen LogP contribution in [0.4, 0.5) is 10.1 Å². The number of fused-ring (bicyclic) bond motifs is 5. The molecule has 0 aromatic heterocycles. The summed E-state index contributed by atoms with van der Waals surface area (Å²) in [5, 5.41) is 0. The molecule has 0 N–H and O–H groups in total. The largest absolute Gasteiger partial charge is 0.274 e. The average Bonchev–Trinajstić information content (AvgIpc) is 3.06. The lowest BCUT2D eigenvalue weighted by atomic mass is 9.85. The molecule has 0 spiro atoms. The van der Waals surface area contributed by atoms with Gasteiger partial charge < -0.3 is 0 Å². The van der Waals surface area contributed by atoms with Gasteiger partial charge in [0.15, 0.2) is 0 Å². The Morgan fingerprint density at radius 3 is 2.25 bits per heavy atom. The molecule has 1 saturated carbocycles. The second kappa shape index (κ2) is 3.78. The van der Waals surface area contributed by atoms with Crippen molar-refractivity contribution >= 4 is 17.5 Å². The fourth-order valence-electron chi connectivity index (χ4n) is 4.01. The number of carbonyl (C=O) groups excluding carboxylic acids is 2. The van der Waals surface area contributed by atoms with Crippen molar-refractivity contribution in [2.24, 2.45) is 23.7 Å². The second-order valence-electron chi connectivity index (χ2n) is 5.94. The molecule has 2 aliphatic carbocycles. The molecule has 2 bridgehead atoms. The molecule has 102 valence electrons. The van der Waals surface area contributed by atoms with Crippen molar-refractivity contribution < 1.29 is 14.0 Å². The number of imide groups is 1. The number of halogens is 1. The zero-order chi connectivity index (χ0) is 14.0. The summed E-state index contributed by atoms with van der Waals surface area (Å²) in [5.41, 5.74) is 1.14. The van der Waals surface area contributed by atoms with E-state index < -0.39 is 0 Å². The van der Waals surface area contributed by atoms with Crippen LogP contribution in [0, 0.1) is 36.4 Å². The number of nitrogens with zero attached hydrogens (tertiary/aromatic N) is 1. The van der Waals surface area contributed by atoms with Gasteiger partial charge in [-0.2, -0.15) is 0 Å². The lowest BCUT2D eigenvalue weighted by Gasteiger charge is -2.19. The van der Waals surface area contributed by atoms with Crippen LogP contribution in [0.15, 0.2) is 30.4 Å². The molecule has 3 aliphatic rings. The molecule has 3 nitrogen and oxygen atoms in total. The van der Waals surface area contributed by atoms with Crippen molar-refractivity contribution in [1.82, 2.24) is 0 Å². The van der Waals surface area contributed by atoms with Gasteiger partial charge in [-0.25, -0.2) is 9.29 Å². The monoisotopic (exact) mass is 271 g/mol. The Balaban J connectivity index is 1.78. The quantitative estimate of drug-likeness (QED) is 0.581. The third-order valence-electron chi connectivity index (χ3n) is 4.87. The highest BCUT2D eigenvalue weighted by molar-refractivity contribution is 6.23. The first-order valence-corrected chi connectivity index (χ1v) is 6.90. The smallest absolute Gasteiger partial charge is 0.238 e. The molecule has 1 aliphatic heterocycles. The van der Waals surface area contributed by atoms with Crippen LogP contribution < -0.4 is 4.90 Å². The number of allylic oxidation sites excluding steroid dienone is 2. The summed E-state index contributed by atoms with van der Waals surface area (Å²) in [6.07, 6.45) is 5.05. The van der Waals surface area contributed by atoms with Gasteiger partial charge in [0.25, 0.3) is 0 Å². The van der Waals surface area contributed by atoms with E-state index in [-0.39, 0.29) is 41.3 Å². The lowest BCUT2D eigenvalue weighted by molar-refractivity contribution is -0.123. The summed E-state index contributed by atoms with van der Waals surface area (Å²) in [6.45, 7) is 1.72. The van der Waals surface area contributed by atoms with E-state index in [1.165, 1.54) is 23.1 Å². The predicted molar refractivity (Wildman–Crippen MR) is 71.3 cm³/mol. The van der Waals surface area contributed by atoms with E-state index in [0.29, 0.717) is 11.3 Å². The van der Waals surface area contributed by atoms with E-state index in [0.717, 1.165) is 6.42 Å². The maximum Gasteiger partial charge on any atom is 0.238 e. The molecule has 1 heterocycles. The van der Waals surface area contributed by atoms with E-state index in [9.17, 15) is 14.0 Å². The molecule has 2 fully saturated rings. The van der Waals surface area contributed by atoms with Crippen molar-refractivity contribution in [3.05, 3.63) is 41.7 Å². The van der Waals surface area contributed by atoms with Gasteiger partial charge in [-0.15, -0.1) is 0 Å². The van der Waals surface area contributed by atoms with Crippen molar-refractivity contribution in [1.29, 1.82) is 0 Å². The molecule has 4 atom stereocenters. The highest BCUT2D eigenvalue weighted by atomic mass is 19.1. The SMILES string of the molecule is Cc1cc(F)ccc1N1C(=O)[C@@H]2[C@@H](C1=O)[C@H]1C=C[C@H]2C1. The van der Waals surface area contributed by atoms with Crippen LogP contribution in [-0.2, 0) is 9.59 Å². The van der Waals surface area contributed by atoms with E-state index in [4.69, 9.17) is 0 Å². The van der Waals surface area contributed by atoms with Gasteiger partial charge in [0.2, 0.25) is 11.8 Å². The van der Waals surface area contributed by atoms with Crippen LogP contribution in [0.5, 0.6) is 0 Å². The van der Waals surface area contributed by atoms with E-state index in [2.05, 4.69) is 12.2 Å². The molecule has 4 rings (SSSR count). The Kier molecular flexibility index (Phi) is 2.23. The van der Waals surface area contributed by atoms with Crippen molar-refractivity contribution in [3.63, 3.8) is 0 Å². The Labute approximate surface area is 116 Å². The molecule has 0 unspecified atom stereocenters. The highest BCUT2D eigenvalue weighted by Gasteiger charge is 2.59. The zero-order valence-corrected chi connectivity index (χ0v) is 11.0. The third-order valence-corrected chi connectivity index (χ3v) is 4.87. The highest BCUT2D eigenvalue weighted by Crippen LogP contribution is 2.53. The summed E-state index contributed by atoms with van der Waals surface area (Å²) in [5.74, 6) is -0.603. The Hall–Kier alpha value is -1.97. The maximum atomic E-state index is 13.2. The third kappa shape index (κ3) is 1.34. The molecule has 1 aromatic carbocycles. The maximum absolute atomic E-state index is 13.2. The minimum absolute atomic E-state index is 0.119. The fraction of sp³-hybridized carbons (Fsp3) is 0.375. The number of carbonyl (C=O) groups is 2. The van der Waals surface area contributed by atoms with Gasteiger partial charge >= 0.3 is 0 Å². The minimum atomic E-state index is -0.354. The number of amides is 2. The Bertz CT molecular complexity index is 636. The number of aryl methyl sites for hydroxylation is 1. The average molecular weight is 271 g/mol. The van der Waals surface area contributed by atoms with Gasteiger partial charge in [0.1, 0.15) is 5.82 Å². The predicted octanol–water partition coefficient (Wildman–Crippen LogP) is 2.45. The summed E-state index contributed by atoms with van der Waals surface area (Å²) in [7, 11) is 0. The molecule has 1 aromatic rings. The molecular weight excluding hydrogens is 257 g/mol. The molecule has 20 heavy (non-hydrogen) atoms. The number of rotatable bonds is 1. The summed E-state index contributed by atoms with van der Waals surface area (Å²) < 4.78 is 13.2. The first kappa shape index (κ1) is 11.8. The lowest BCUT2D eigenvalue weighted by Crippen LogP contribution is -2.33. The van der Waals surface area contributed by atoms with E-state index in [1.54, 1.807) is 6.92 Å². The summed E-state index contributed by atoms with van der Waals surface area (Å²) in [4.78, 5) is 26.5. The second-order valence-corrected chi connectivity index (χ2v) is 5.94. The zero-order valence-electron chi connectivity index (χ0n) is 11.0. The summed E-state index contributed by atoms with van der Waals surface area (Å²) >= 11 is 0. The fourth-order valence-corrected chi connectivity index (χ4v) is 4.01. The van der Waals surface area contributed by atoms with Crippen molar-refractivity contribution in [2.75, 3.05) is 4.90 Å². The summed E-state index contributed by atoms with van der Waals surface area (Å²) in [6, 6.07) is 4.18. The van der Waals surface area contributed by atoms with Gasteiger partial charge in [0, 0.05) is 0 Å². The minimum Gasteiger partial charge on any atom is -0.274 e. The van der Waals surface area contributed by atoms with Crippen LogP contribution in [0.25, 0.3) is 0 Å². The number of anilines is 1. The van der Waals surface area contributed by atoms with Crippen LogP contribution >= 0.6 is 0 Å². The van der Waals surface area contributed by atoms with Crippen molar-refractivity contribution in [3.8, 4) is 0 Å². The van der Waals surface area contributed by atoms with Gasteiger partial charge in [-0.3, -0.25) is 9.59 Å². The Morgan fingerprint density at radius 1 is 1.10 bits per heavy atom. The van der Waals surface area contributed by atoms with Crippen LogP contribution in [-0.4, -0.2) is 11.8 Å². The number of benzene rings is 1. The van der Waals surface area contributed by atoms with Crippen LogP contribution in [0.3, 0.4) is 0 Å². The Morgan fingerprint density at radius 2 is 1.70 bits per heavy atom. The normalized spacial score (nSPS) is 34.2. The number of hydrogen-bond acceptors (Lipinski definition) is 2. The van der Waals surface area contributed by atoms with E-state index >= 15 is 0 Å². The molecule has 2 amide bonds. The molecule has 0 radical (unpaired) electrons. The number of hydrogen-bond donors (Lipinski definition) is 0. The molecule has 1 saturated heterocycles. The van der Waals surface area contributed by atoms with Crippen LogP contribution in [0.2, 0.25) is 0 Å². The van der Waals surface area contributed by atoms with Crippen molar-refractivity contribution in [2.45, 2.75) is 13.3 Å². The first-order valence-electron chi connectivity index (χ1n) is 6.90. The molecule has 4 heteroatoms. The van der Waals surface area contributed by atoms with Crippen LogP contribution in [0.1, 0.15) is 12.0 Å².